The third-order valence-electron chi connectivity index (χ3n) is 5.70. The number of hydrogen-bond donors (Lipinski definition) is 1. The van der Waals surface area contributed by atoms with Gasteiger partial charge < -0.3 is 15.0 Å². The largest absolute Gasteiger partial charge is 0.373 e. The number of piperidine rings is 1. The highest BCUT2D eigenvalue weighted by molar-refractivity contribution is 5.36. The summed E-state index contributed by atoms with van der Waals surface area (Å²) in [5, 5.41) is 12.1. The summed E-state index contributed by atoms with van der Waals surface area (Å²) < 4.78 is 6.15. The normalized spacial score (nSPS) is 28.5. The van der Waals surface area contributed by atoms with Crippen molar-refractivity contribution in [1.82, 2.24) is 15.5 Å². The first kappa shape index (κ1) is 14.4. The molecule has 1 aromatic rings. The monoisotopic (exact) mass is 302 g/mol. The Morgan fingerprint density at radius 2 is 2.00 bits per heavy atom. The molecule has 3 fully saturated rings. The topological polar surface area (TPSA) is 50.3 Å². The van der Waals surface area contributed by atoms with E-state index in [-0.39, 0.29) is 5.60 Å². The molecule has 0 radical (unpaired) electrons. The number of anilines is 1. The second kappa shape index (κ2) is 6.13. The standard InChI is InChI=1S/C17H26N4O/c1-2-9-17(8-1)15(7-13-22-17)19-14-5-11-21(12-6-14)16-4-3-10-18-20-16/h3-4,10,14-15,19H,1-2,5-9,11-13H2. The zero-order valence-corrected chi connectivity index (χ0v) is 13.2. The summed E-state index contributed by atoms with van der Waals surface area (Å²) in [6.45, 7) is 3.07. The minimum Gasteiger partial charge on any atom is -0.373 e. The van der Waals surface area contributed by atoms with E-state index >= 15 is 0 Å². The minimum absolute atomic E-state index is 0.169. The lowest BCUT2D eigenvalue weighted by Crippen LogP contribution is -2.53. The number of nitrogens with zero attached hydrogens (tertiary/aromatic N) is 3. The summed E-state index contributed by atoms with van der Waals surface area (Å²) in [5.74, 6) is 1.01. The van der Waals surface area contributed by atoms with Crippen molar-refractivity contribution in [2.24, 2.45) is 0 Å². The molecular weight excluding hydrogens is 276 g/mol. The number of nitrogens with one attached hydrogen (secondary N) is 1. The second-order valence-electron chi connectivity index (χ2n) is 6.97. The van der Waals surface area contributed by atoms with Crippen LogP contribution < -0.4 is 10.2 Å². The number of rotatable bonds is 3. The lowest BCUT2D eigenvalue weighted by molar-refractivity contribution is -0.00708. The van der Waals surface area contributed by atoms with Gasteiger partial charge in [0.15, 0.2) is 5.82 Å². The first-order valence-corrected chi connectivity index (χ1v) is 8.78. The Bertz CT molecular complexity index is 475. The minimum atomic E-state index is 0.169. The Morgan fingerprint density at radius 3 is 2.73 bits per heavy atom. The van der Waals surface area contributed by atoms with E-state index < -0.39 is 0 Å². The van der Waals surface area contributed by atoms with E-state index in [1.807, 2.05) is 6.07 Å². The van der Waals surface area contributed by atoms with Gasteiger partial charge in [-0.15, -0.1) is 5.10 Å². The van der Waals surface area contributed by atoms with Crippen LogP contribution in [0.25, 0.3) is 0 Å². The predicted molar refractivity (Wildman–Crippen MR) is 86.0 cm³/mol. The summed E-state index contributed by atoms with van der Waals surface area (Å²) in [6.07, 6.45) is 10.5. The molecule has 0 bridgehead atoms. The molecule has 1 saturated carbocycles. The van der Waals surface area contributed by atoms with Crippen LogP contribution >= 0.6 is 0 Å². The van der Waals surface area contributed by atoms with Crippen molar-refractivity contribution in [2.75, 3.05) is 24.6 Å². The SMILES string of the molecule is c1cnnc(N2CCC(NC3CCOC34CCCC4)CC2)c1. The Kier molecular flexibility index (Phi) is 4.01. The molecule has 1 spiro atoms. The molecule has 5 heteroatoms. The molecule has 22 heavy (non-hydrogen) atoms. The highest BCUT2D eigenvalue weighted by Gasteiger charge is 2.46. The number of aromatic nitrogens is 2. The van der Waals surface area contributed by atoms with Crippen LogP contribution in [0.1, 0.15) is 44.9 Å². The van der Waals surface area contributed by atoms with E-state index in [2.05, 4.69) is 26.5 Å². The van der Waals surface area contributed by atoms with E-state index in [1.54, 1.807) is 6.20 Å². The molecular formula is C17H26N4O. The molecule has 1 N–H and O–H groups in total. The van der Waals surface area contributed by atoms with Gasteiger partial charge in [-0.1, -0.05) is 12.8 Å². The van der Waals surface area contributed by atoms with Gasteiger partial charge in [-0.05, 0) is 44.2 Å². The van der Waals surface area contributed by atoms with Crippen LogP contribution in [-0.2, 0) is 4.74 Å². The van der Waals surface area contributed by atoms with E-state index in [0.717, 1.165) is 25.5 Å². The molecule has 2 saturated heterocycles. The molecule has 1 aliphatic carbocycles. The molecule has 1 atom stereocenters. The molecule has 4 rings (SSSR count). The van der Waals surface area contributed by atoms with Gasteiger partial charge in [-0.3, -0.25) is 0 Å². The maximum atomic E-state index is 6.15. The summed E-state index contributed by atoms with van der Waals surface area (Å²) in [7, 11) is 0. The Hall–Kier alpha value is -1.20. The van der Waals surface area contributed by atoms with Gasteiger partial charge in [0.25, 0.3) is 0 Å². The zero-order chi connectivity index (χ0) is 14.8. The molecule has 1 unspecified atom stereocenters. The van der Waals surface area contributed by atoms with Gasteiger partial charge in [0.1, 0.15) is 0 Å². The van der Waals surface area contributed by atoms with Gasteiger partial charge in [0, 0.05) is 38.0 Å². The average Bonchev–Trinajstić information content (AvgIpc) is 3.20. The van der Waals surface area contributed by atoms with Crippen molar-refractivity contribution in [3.63, 3.8) is 0 Å². The first-order valence-electron chi connectivity index (χ1n) is 8.78. The Morgan fingerprint density at radius 1 is 1.18 bits per heavy atom. The van der Waals surface area contributed by atoms with Crippen LogP contribution in [0.3, 0.4) is 0 Å². The maximum absolute atomic E-state index is 6.15. The van der Waals surface area contributed by atoms with Crippen LogP contribution in [0.15, 0.2) is 18.3 Å². The van der Waals surface area contributed by atoms with Crippen LogP contribution in [0.4, 0.5) is 5.82 Å². The predicted octanol–water partition coefficient (Wildman–Crippen LogP) is 2.14. The fraction of sp³-hybridized carbons (Fsp3) is 0.765. The lowest BCUT2D eigenvalue weighted by atomic mass is 9.90. The van der Waals surface area contributed by atoms with Crippen LogP contribution in [0, 0.1) is 0 Å². The van der Waals surface area contributed by atoms with Gasteiger partial charge >= 0.3 is 0 Å². The van der Waals surface area contributed by atoms with Gasteiger partial charge in [0.05, 0.1) is 5.60 Å². The molecule has 0 amide bonds. The van der Waals surface area contributed by atoms with Crippen molar-refractivity contribution in [1.29, 1.82) is 0 Å². The van der Waals surface area contributed by atoms with Crippen molar-refractivity contribution < 1.29 is 4.74 Å². The van der Waals surface area contributed by atoms with Crippen molar-refractivity contribution in [3.8, 4) is 0 Å². The molecule has 3 heterocycles. The fourth-order valence-electron chi connectivity index (χ4n) is 4.47. The number of hydrogen-bond acceptors (Lipinski definition) is 5. The molecule has 5 nitrogen and oxygen atoms in total. The van der Waals surface area contributed by atoms with E-state index in [0.29, 0.717) is 12.1 Å². The molecule has 0 aromatic carbocycles. The summed E-state index contributed by atoms with van der Waals surface area (Å²) >= 11 is 0. The van der Waals surface area contributed by atoms with E-state index in [9.17, 15) is 0 Å². The van der Waals surface area contributed by atoms with Crippen LogP contribution in [-0.4, -0.2) is 47.6 Å². The average molecular weight is 302 g/mol. The smallest absolute Gasteiger partial charge is 0.151 e. The highest BCUT2D eigenvalue weighted by Crippen LogP contribution is 2.41. The summed E-state index contributed by atoms with van der Waals surface area (Å²) in [6, 6.07) is 5.21. The van der Waals surface area contributed by atoms with Crippen molar-refractivity contribution in [3.05, 3.63) is 18.3 Å². The van der Waals surface area contributed by atoms with Gasteiger partial charge in [-0.25, -0.2) is 0 Å². The Balaban J connectivity index is 1.32. The van der Waals surface area contributed by atoms with Crippen LogP contribution in [0.2, 0.25) is 0 Å². The third kappa shape index (κ3) is 2.72. The molecule has 3 aliphatic rings. The lowest BCUT2D eigenvalue weighted by Gasteiger charge is -2.38. The number of ether oxygens (including phenoxy) is 1. The van der Waals surface area contributed by atoms with E-state index in [1.165, 1.54) is 44.9 Å². The fourth-order valence-corrected chi connectivity index (χ4v) is 4.47. The second-order valence-corrected chi connectivity index (χ2v) is 6.97. The molecule has 120 valence electrons. The summed E-state index contributed by atoms with van der Waals surface area (Å²) in [4.78, 5) is 2.35. The first-order chi connectivity index (χ1) is 10.9. The quantitative estimate of drug-likeness (QED) is 0.927. The van der Waals surface area contributed by atoms with Gasteiger partial charge in [0.2, 0.25) is 0 Å². The van der Waals surface area contributed by atoms with Crippen molar-refractivity contribution >= 4 is 5.82 Å². The van der Waals surface area contributed by atoms with Crippen LogP contribution in [0.5, 0.6) is 0 Å². The van der Waals surface area contributed by atoms with E-state index in [4.69, 9.17) is 4.74 Å². The van der Waals surface area contributed by atoms with Crippen molar-refractivity contribution in [2.45, 2.75) is 62.6 Å². The third-order valence-corrected chi connectivity index (χ3v) is 5.70. The molecule has 2 aliphatic heterocycles. The summed E-state index contributed by atoms with van der Waals surface area (Å²) in [5.41, 5.74) is 0.169. The molecule has 1 aromatic heterocycles. The maximum Gasteiger partial charge on any atom is 0.151 e. The Labute approximate surface area is 132 Å². The van der Waals surface area contributed by atoms with Gasteiger partial charge in [-0.2, -0.15) is 5.10 Å². The highest BCUT2D eigenvalue weighted by atomic mass is 16.5. The zero-order valence-electron chi connectivity index (χ0n) is 13.2.